The van der Waals surface area contributed by atoms with Gasteiger partial charge in [-0.15, -0.1) is 0 Å². The molecule has 2 aromatic carbocycles. The third-order valence-corrected chi connectivity index (χ3v) is 3.18. The maximum atomic E-state index is 5.32. The summed E-state index contributed by atoms with van der Waals surface area (Å²) in [6, 6.07) is 16.5. The van der Waals surface area contributed by atoms with E-state index in [1.54, 1.807) is 0 Å². The fourth-order valence-corrected chi connectivity index (χ4v) is 2.00. The Kier molecular flexibility index (Phi) is 4.53. The number of benzene rings is 2. The summed E-state index contributed by atoms with van der Waals surface area (Å²) in [6.45, 7) is 4.88. The van der Waals surface area contributed by atoms with Crippen LogP contribution in [0, 0.1) is 13.8 Å². The predicted octanol–water partition coefficient (Wildman–Crippen LogP) is 3.79. The van der Waals surface area contributed by atoms with Gasteiger partial charge in [-0.2, -0.15) is 0 Å². The summed E-state index contributed by atoms with van der Waals surface area (Å²) in [5.74, 6) is 0. The molecule has 19 heavy (non-hydrogen) atoms. The van der Waals surface area contributed by atoms with Gasteiger partial charge in [0.15, 0.2) is 5.11 Å². The molecular weight excluding hydrogens is 252 g/mol. The van der Waals surface area contributed by atoms with E-state index in [-0.39, 0.29) is 0 Å². The van der Waals surface area contributed by atoms with E-state index in [0.717, 1.165) is 12.2 Å². The minimum Gasteiger partial charge on any atom is -0.358 e. The average Bonchev–Trinajstić information content (AvgIpc) is 2.42. The molecule has 2 N–H and O–H groups in total. The largest absolute Gasteiger partial charge is 0.358 e. The van der Waals surface area contributed by atoms with Crippen LogP contribution in [0.15, 0.2) is 48.5 Å². The molecule has 0 aliphatic carbocycles. The molecule has 98 valence electrons. The van der Waals surface area contributed by atoms with Crippen LogP contribution in [-0.4, -0.2) is 5.11 Å². The normalized spacial score (nSPS) is 10.0. The maximum Gasteiger partial charge on any atom is 0.171 e. The Morgan fingerprint density at radius 3 is 2.53 bits per heavy atom. The number of nitrogens with one attached hydrogen (secondary N) is 2. The Morgan fingerprint density at radius 1 is 1.05 bits per heavy atom. The van der Waals surface area contributed by atoms with Gasteiger partial charge in [0.25, 0.3) is 0 Å². The number of hydrogen-bond donors (Lipinski definition) is 2. The van der Waals surface area contributed by atoms with Crippen LogP contribution in [0.5, 0.6) is 0 Å². The molecule has 0 spiro atoms. The summed E-state index contributed by atoms with van der Waals surface area (Å²) in [5.41, 5.74) is 4.69. The number of thiocarbonyl (C=S) groups is 1. The standard InChI is InChI=1S/C16H18N2S/c1-12-8-9-13(2)15(10-12)18-16(19)17-11-14-6-4-3-5-7-14/h3-10H,11H2,1-2H3,(H2,17,18,19). The molecule has 0 saturated heterocycles. The highest BCUT2D eigenvalue weighted by atomic mass is 32.1. The summed E-state index contributed by atoms with van der Waals surface area (Å²) < 4.78 is 0. The van der Waals surface area contributed by atoms with E-state index in [0.29, 0.717) is 5.11 Å². The first kappa shape index (κ1) is 13.6. The molecule has 2 rings (SSSR count). The van der Waals surface area contributed by atoms with Crippen molar-refractivity contribution >= 4 is 23.0 Å². The van der Waals surface area contributed by atoms with Gasteiger partial charge in [-0.3, -0.25) is 0 Å². The topological polar surface area (TPSA) is 24.1 Å². The highest BCUT2D eigenvalue weighted by molar-refractivity contribution is 7.80. The highest BCUT2D eigenvalue weighted by Gasteiger charge is 2.01. The summed E-state index contributed by atoms with van der Waals surface area (Å²) in [6.07, 6.45) is 0. The van der Waals surface area contributed by atoms with E-state index in [2.05, 4.69) is 54.8 Å². The monoisotopic (exact) mass is 270 g/mol. The summed E-state index contributed by atoms with van der Waals surface area (Å²) in [5, 5.41) is 7.11. The van der Waals surface area contributed by atoms with E-state index < -0.39 is 0 Å². The molecule has 0 aromatic heterocycles. The minimum absolute atomic E-state index is 0.651. The van der Waals surface area contributed by atoms with Gasteiger partial charge in [0.2, 0.25) is 0 Å². The second-order valence-corrected chi connectivity index (χ2v) is 5.02. The van der Waals surface area contributed by atoms with Crippen LogP contribution >= 0.6 is 12.2 Å². The van der Waals surface area contributed by atoms with Crippen molar-refractivity contribution in [2.75, 3.05) is 5.32 Å². The van der Waals surface area contributed by atoms with Gasteiger partial charge < -0.3 is 10.6 Å². The second-order valence-electron chi connectivity index (χ2n) is 4.61. The molecule has 0 amide bonds. The Labute approximate surface area is 119 Å². The quantitative estimate of drug-likeness (QED) is 0.830. The molecule has 0 aliphatic rings. The van der Waals surface area contributed by atoms with Crippen LogP contribution in [0.2, 0.25) is 0 Å². The van der Waals surface area contributed by atoms with Crippen molar-refractivity contribution in [3.63, 3.8) is 0 Å². The third-order valence-electron chi connectivity index (χ3n) is 2.94. The zero-order valence-corrected chi connectivity index (χ0v) is 12.1. The number of anilines is 1. The van der Waals surface area contributed by atoms with Crippen molar-refractivity contribution in [3.8, 4) is 0 Å². The van der Waals surface area contributed by atoms with Crippen LogP contribution in [0.1, 0.15) is 16.7 Å². The van der Waals surface area contributed by atoms with E-state index >= 15 is 0 Å². The fraction of sp³-hybridized carbons (Fsp3) is 0.188. The minimum atomic E-state index is 0.651. The molecule has 0 radical (unpaired) electrons. The zero-order valence-electron chi connectivity index (χ0n) is 11.2. The molecule has 0 atom stereocenters. The lowest BCUT2D eigenvalue weighted by atomic mass is 10.1. The molecule has 2 aromatic rings. The van der Waals surface area contributed by atoms with Gasteiger partial charge in [0, 0.05) is 12.2 Å². The molecule has 2 nitrogen and oxygen atoms in total. The summed E-state index contributed by atoms with van der Waals surface area (Å²) in [7, 11) is 0. The van der Waals surface area contributed by atoms with Gasteiger partial charge in [0.1, 0.15) is 0 Å². The van der Waals surface area contributed by atoms with Crippen molar-refractivity contribution < 1.29 is 0 Å². The van der Waals surface area contributed by atoms with Crippen LogP contribution in [0.4, 0.5) is 5.69 Å². The van der Waals surface area contributed by atoms with Gasteiger partial charge in [-0.05, 0) is 48.8 Å². The fourth-order valence-electron chi connectivity index (χ4n) is 1.82. The first-order chi connectivity index (χ1) is 9.15. The van der Waals surface area contributed by atoms with Crippen LogP contribution in [0.3, 0.4) is 0 Å². The van der Waals surface area contributed by atoms with Gasteiger partial charge >= 0.3 is 0 Å². The summed E-state index contributed by atoms with van der Waals surface area (Å²) in [4.78, 5) is 0. The average molecular weight is 270 g/mol. The molecule has 0 bridgehead atoms. The van der Waals surface area contributed by atoms with Gasteiger partial charge in [-0.1, -0.05) is 42.5 Å². The molecule has 0 saturated carbocycles. The van der Waals surface area contributed by atoms with Crippen molar-refractivity contribution in [1.82, 2.24) is 5.32 Å². The van der Waals surface area contributed by atoms with Crippen LogP contribution in [0.25, 0.3) is 0 Å². The lowest BCUT2D eigenvalue weighted by Gasteiger charge is -2.13. The van der Waals surface area contributed by atoms with Crippen molar-refractivity contribution in [2.45, 2.75) is 20.4 Å². The predicted molar refractivity (Wildman–Crippen MR) is 85.4 cm³/mol. The van der Waals surface area contributed by atoms with Crippen molar-refractivity contribution in [1.29, 1.82) is 0 Å². The Hall–Kier alpha value is -1.87. The molecular formula is C16H18N2S. The van der Waals surface area contributed by atoms with Crippen molar-refractivity contribution in [3.05, 3.63) is 65.2 Å². The number of rotatable bonds is 3. The third kappa shape index (κ3) is 4.07. The highest BCUT2D eigenvalue weighted by Crippen LogP contribution is 2.16. The zero-order chi connectivity index (χ0) is 13.7. The molecule has 0 heterocycles. The van der Waals surface area contributed by atoms with E-state index in [9.17, 15) is 0 Å². The van der Waals surface area contributed by atoms with E-state index in [4.69, 9.17) is 12.2 Å². The van der Waals surface area contributed by atoms with Gasteiger partial charge in [-0.25, -0.2) is 0 Å². The van der Waals surface area contributed by atoms with E-state index in [1.807, 2.05) is 18.2 Å². The smallest absolute Gasteiger partial charge is 0.171 e. The first-order valence-electron chi connectivity index (χ1n) is 6.31. The SMILES string of the molecule is Cc1ccc(C)c(NC(=S)NCc2ccccc2)c1. The first-order valence-corrected chi connectivity index (χ1v) is 6.72. The lowest BCUT2D eigenvalue weighted by molar-refractivity contribution is 0.925. The van der Waals surface area contributed by atoms with Crippen molar-refractivity contribution in [2.24, 2.45) is 0 Å². The number of hydrogen-bond acceptors (Lipinski definition) is 1. The second kappa shape index (κ2) is 6.34. The van der Waals surface area contributed by atoms with Crippen LogP contribution < -0.4 is 10.6 Å². The van der Waals surface area contributed by atoms with Gasteiger partial charge in [0.05, 0.1) is 0 Å². The molecule has 0 aliphatic heterocycles. The van der Waals surface area contributed by atoms with Crippen LogP contribution in [-0.2, 0) is 6.54 Å². The maximum absolute atomic E-state index is 5.32. The summed E-state index contributed by atoms with van der Waals surface area (Å²) >= 11 is 5.32. The Balaban J connectivity index is 1.93. The Morgan fingerprint density at radius 2 is 1.79 bits per heavy atom. The van der Waals surface area contributed by atoms with E-state index in [1.165, 1.54) is 16.7 Å². The molecule has 3 heteroatoms. The molecule has 0 fully saturated rings. The lowest BCUT2D eigenvalue weighted by Crippen LogP contribution is -2.28. The Bertz CT molecular complexity index is 564. The molecule has 0 unspecified atom stereocenters. The number of aryl methyl sites for hydroxylation is 2.